The summed E-state index contributed by atoms with van der Waals surface area (Å²) in [7, 11) is 0. The number of hydrogen-bond donors (Lipinski definition) is 3. The number of phenols is 1. The van der Waals surface area contributed by atoms with Crippen molar-refractivity contribution in [1.29, 1.82) is 0 Å². The van der Waals surface area contributed by atoms with Crippen molar-refractivity contribution in [3.63, 3.8) is 0 Å². The number of amides is 1. The number of carboxylic acids is 1. The number of terminal acetylenes is 1. The molecule has 150 valence electrons. The largest absolute Gasteiger partial charge is 0.506 e. The number of carbonyl (C=O) groups is 2. The zero-order chi connectivity index (χ0) is 21.1. The highest BCUT2D eigenvalue weighted by Crippen LogP contribution is 2.29. The molecular weight excluding hydrogens is 370 g/mol. The Bertz CT molecular complexity index is 915. The molecule has 0 unspecified atom stereocenters. The molecule has 0 aliphatic heterocycles. The first-order valence-electron chi connectivity index (χ1n) is 9.26. The molecule has 2 aromatic rings. The molecule has 0 saturated carbocycles. The van der Waals surface area contributed by atoms with Crippen molar-refractivity contribution in [1.82, 2.24) is 5.32 Å². The summed E-state index contributed by atoms with van der Waals surface area (Å²) in [6.45, 7) is 0.478. The number of aromatic carboxylic acids is 1. The number of phenolic OH excluding ortho intramolecular Hbond substituents is 1. The van der Waals surface area contributed by atoms with Crippen molar-refractivity contribution in [2.24, 2.45) is 10.2 Å². The van der Waals surface area contributed by atoms with E-state index in [1.807, 2.05) is 0 Å². The van der Waals surface area contributed by atoms with Crippen LogP contribution >= 0.6 is 0 Å². The Morgan fingerprint density at radius 2 is 1.83 bits per heavy atom. The highest BCUT2D eigenvalue weighted by molar-refractivity contribution is 5.87. The Kier molecular flexibility index (Phi) is 8.39. The monoisotopic (exact) mass is 393 g/mol. The van der Waals surface area contributed by atoms with Crippen LogP contribution in [0.3, 0.4) is 0 Å². The molecule has 0 saturated heterocycles. The number of unbranched alkanes of at least 4 members (excludes halogenated alkanes) is 2. The lowest BCUT2D eigenvalue weighted by atomic mass is 10.1. The highest BCUT2D eigenvalue weighted by Gasteiger charge is 2.05. The topological polar surface area (TPSA) is 111 Å². The van der Waals surface area contributed by atoms with Crippen LogP contribution in [0, 0.1) is 12.3 Å². The molecule has 29 heavy (non-hydrogen) atoms. The van der Waals surface area contributed by atoms with E-state index in [-0.39, 0.29) is 17.2 Å². The van der Waals surface area contributed by atoms with E-state index in [0.717, 1.165) is 18.4 Å². The molecule has 7 heteroatoms. The van der Waals surface area contributed by atoms with Crippen LogP contribution in [0.15, 0.2) is 52.7 Å². The van der Waals surface area contributed by atoms with Gasteiger partial charge in [0.1, 0.15) is 11.4 Å². The van der Waals surface area contributed by atoms with Gasteiger partial charge in [0.2, 0.25) is 5.91 Å². The van der Waals surface area contributed by atoms with Crippen LogP contribution in [0.1, 0.15) is 41.6 Å². The van der Waals surface area contributed by atoms with Crippen molar-refractivity contribution in [3.8, 4) is 18.1 Å². The second-order valence-corrected chi connectivity index (χ2v) is 6.39. The van der Waals surface area contributed by atoms with Gasteiger partial charge in [-0.15, -0.1) is 17.5 Å². The maximum absolute atomic E-state index is 11.8. The zero-order valence-electron chi connectivity index (χ0n) is 16.0. The molecule has 1 amide bonds. The molecule has 3 N–H and O–H groups in total. The van der Waals surface area contributed by atoms with Crippen molar-refractivity contribution < 1.29 is 19.8 Å². The maximum atomic E-state index is 11.8. The summed E-state index contributed by atoms with van der Waals surface area (Å²) in [5.74, 6) is 1.51. The molecule has 0 bridgehead atoms. The van der Waals surface area contributed by atoms with Crippen molar-refractivity contribution in [2.75, 3.05) is 6.54 Å². The summed E-state index contributed by atoms with van der Waals surface area (Å²) in [6, 6.07) is 10.9. The molecule has 2 rings (SSSR count). The first-order chi connectivity index (χ1) is 14.0. The van der Waals surface area contributed by atoms with Crippen LogP contribution in [0.2, 0.25) is 0 Å². The molecule has 0 spiro atoms. The number of aromatic hydroxyl groups is 1. The standard InChI is InChI=1S/C22H23N3O4/c1-2-3-4-5-6-21(27)23-14-13-16-7-12-20(26)19(15-16)25-24-18-10-8-17(9-11-18)22(28)29/h1,7-12,15,26H,3-6,13-14H2,(H,23,27)(H,28,29)/b25-24+. The van der Waals surface area contributed by atoms with Crippen LogP contribution in [0.4, 0.5) is 11.4 Å². The first-order valence-corrected chi connectivity index (χ1v) is 9.26. The van der Waals surface area contributed by atoms with E-state index in [1.54, 1.807) is 12.1 Å². The van der Waals surface area contributed by atoms with Crippen molar-refractivity contribution >= 4 is 23.3 Å². The predicted molar refractivity (Wildman–Crippen MR) is 110 cm³/mol. The second-order valence-electron chi connectivity index (χ2n) is 6.39. The van der Waals surface area contributed by atoms with E-state index in [1.165, 1.54) is 30.3 Å². The molecular formula is C22H23N3O4. The molecule has 0 aliphatic rings. The van der Waals surface area contributed by atoms with Gasteiger partial charge in [-0.2, -0.15) is 5.11 Å². The molecule has 0 aliphatic carbocycles. The van der Waals surface area contributed by atoms with Gasteiger partial charge in [-0.3, -0.25) is 4.79 Å². The second kappa shape index (κ2) is 11.2. The lowest BCUT2D eigenvalue weighted by Gasteiger charge is -2.06. The van der Waals surface area contributed by atoms with E-state index < -0.39 is 5.97 Å². The zero-order valence-corrected chi connectivity index (χ0v) is 16.0. The Labute approximate surface area is 169 Å². The maximum Gasteiger partial charge on any atom is 0.335 e. The van der Waals surface area contributed by atoms with E-state index >= 15 is 0 Å². The van der Waals surface area contributed by atoms with Gasteiger partial charge in [-0.1, -0.05) is 6.07 Å². The highest BCUT2D eigenvalue weighted by atomic mass is 16.4. The normalized spacial score (nSPS) is 10.6. The third-order valence-corrected chi connectivity index (χ3v) is 4.14. The Hall–Kier alpha value is -3.66. The van der Waals surface area contributed by atoms with Gasteiger partial charge in [0.15, 0.2) is 0 Å². The number of carboxylic acid groups (broad SMARTS) is 1. The van der Waals surface area contributed by atoms with E-state index in [9.17, 15) is 14.7 Å². The van der Waals surface area contributed by atoms with Gasteiger partial charge in [0.25, 0.3) is 0 Å². The smallest absolute Gasteiger partial charge is 0.335 e. The van der Waals surface area contributed by atoms with Crippen molar-refractivity contribution in [3.05, 3.63) is 53.6 Å². The molecule has 7 nitrogen and oxygen atoms in total. The van der Waals surface area contributed by atoms with Crippen LogP contribution in [-0.2, 0) is 11.2 Å². The minimum Gasteiger partial charge on any atom is -0.506 e. The molecule has 0 atom stereocenters. The van der Waals surface area contributed by atoms with Gasteiger partial charge >= 0.3 is 5.97 Å². The summed E-state index contributed by atoms with van der Waals surface area (Å²) in [4.78, 5) is 22.6. The molecule has 2 aromatic carbocycles. The summed E-state index contributed by atoms with van der Waals surface area (Å²) < 4.78 is 0. The lowest BCUT2D eigenvalue weighted by molar-refractivity contribution is -0.121. The Morgan fingerprint density at radius 3 is 2.52 bits per heavy atom. The number of carbonyl (C=O) groups excluding carboxylic acids is 1. The van der Waals surface area contributed by atoms with Gasteiger partial charge in [-0.05, 0) is 61.2 Å². The number of azo groups is 1. The fourth-order valence-corrected chi connectivity index (χ4v) is 2.53. The molecule has 0 aromatic heterocycles. The Balaban J connectivity index is 1.89. The third-order valence-electron chi connectivity index (χ3n) is 4.14. The quantitative estimate of drug-likeness (QED) is 0.316. The summed E-state index contributed by atoms with van der Waals surface area (Å²) in [6.07, 6.45) is 8.52. The predicted octanol–water partition coefficient (Wildman–Crippen LogP) is 4.36. The molecule has 0 radical (unpaired) electrons. The number of nitrogens with zero attached hydrogens (tertiary/aromatic N) is 2. The fraction of sp³-hybridized carbons (Fsp3) is 0.273. The number of rotatable bonds is 10. The van der Waals surface area contributed by atoms with Gasteiger partial charge in [0, 0.05) is 19.4 Å². The van der Waals surface area contributed by atoms with Gasteiger partial charge in [0.05, 0.1) is 11.3 Å². The lowest BCUT2D eigenvalue weighted by Crippen LogP contribution is -2.25. The average molecular weight is 393 g/mol. The first kappa shape index (κ1) is 21.6. The van der Waals surface area contributed by atoms with E-state index in [2.05, 4.69) is 21.5 Å². The minimum atomic E-state index is -1.02. The van der Waals surface area contributed by atoms with Gasteiger partial charge in [-0.25, -0.2) is 4.79 Å². The summed E-state index contributed by atoms with van der Waals surface area (Å²) in [5.41, 5.74) is 1.82. The number of benzene rings is 2. The van der Waals surface area contributed by atoms with Crippen LogP contribution < -0.4 is 5.32 Å². The van der Waals surface area contributed by atoms with Crippen LogP contribution in [-0.4, -0.2) is 28.6 Å². The van der Waals surface area contributed by atoms with Crippen molar-refractivity contribution in [2.45, 2.75) is 32.1 Å². The Morgan fingerprint density at radius 1 is 1.07 bits per heavy atom. The number of hydrogen-bond acceptors (Lipinski definition) is 5. The van der Waals surface area contributed by atoms with E-state index in [0.29, 0.717) is 37.2 Å². The van der Waals surface area contributed by atoms with Crippen LogP contribution in [0.25, 0.3) is 0 Å². The average Bonchev–Trinajstić information content (AvgIpc) is 2.71. The van der Waals surface area contributed by atoms with Gasteiger partial charge < -0.3 is 15.5 Å². The third kappa shape index (κ3) is 7.46. The van der Waals surface area contributed by atoms with E-state index in [4.69, 9.17) is 11.5 Å². The van der Waals surface area contributed by atoms with Crippen LogP contribution in [0.5, 0.6) is 5.75 Å². The number of nitrogens with one attached hydrogen (secondary N) is 1. The summed E-state index contributed by atoms with van der Waals surface area (Å²) in [5, 5.41) is 29.8. The SMILES string of the molecule is C#CCCCCC(=O)NCCc1ccc(O)c(/N=N/c2ccc(C(=O)O)cc2)c1. The molecule has 0 fully saturated rings. The minimum absolute atomic E-state index is 0.00878. The summed E-state index contributed by atoms with van der Waals surface area (Å²) >= 11 is 0. The fourth-order valence-electron chi connectivity index (χ4n) is 2.53. The molecule has 0 heterocycles.